The van der Waals surface area contributed by atoms with Gasteiger partial charge in [0.1, 0.15) is 11.6 Å². The predicted octanol–water partition coefficient (Wildman–Crippen LogP) is 4.12. The number of aromatic nitrogens is 2. The molecule has 2 aromatic carbocycles. The number of hydrogen-bond acceptors (Lipinski definition) is 3. The van der Waals surface area contributed by atoms with Crippen LogP contribution in [0.2, 0.25) is 0 Å². The molecular weight excluding hydrogens is 390 g/mol. The van der Waals surface area contributed by atoms with E-state index in [2.05, 4.69) is 10.4 Å². The molecule has 9 heteroatoms. The van der Waals surface area contributed by atoms with Crippen molar-refractivity contribution in [1.29, 1.82) is 0 Å². The fourth-order valence-corrected chi connectivity index (χ4v) is 2.47. The maximum Gasteiger partial charge on any atom is 0.435 e. The zero-order valence-electron chi connectivity index (χ0n) is 15.1. The van der Waals surface area contributed by atoms with Gasteiger partial charge in [0.25, 0.3) is 0 Å². The number of carbonyl (C=O) groups is 1. The van der Waals surface area contributed by atoms with Crippen molar-refractivity contribution in [1.82, 2.24) is 15.1 Å². The molecule has 0 radical (unpaired) electrons. The Kier molecular flexibility index (Phi) is 6.16. The summed E-state index contributed by atoms with van der Waals surface area (Å²) in [5.74, 6) is -0.116. The second kappa shape index (κ2) is 8.76. The van der Waals surface area contributed by atoms with Gasteiger partial charge in [-0.15, -0.1) is 0 Å². The highest BCUT2D eigenvalue weighted by Gasteiger charge is 2.33. The molecule has 5 nitrogen and oxygen atoms in total. The average Bonchev–Trinajstić information content (AvgIpc) is 3.19. The number of ether oxygens (including phenoxy) is 1. The van der Waals surface area contributed by atoms with Gasteiger partial charge in [0.15, 0.2) is 5.69 Å². The fourth-order valence-electron chi connectivity index (χ4n) is 2.47. The molecule has 3 aromatic rings. The SMILES string of the molecule is O=C(CCOc1ccc(F)cc1)NCc1ccc(-n2ccc(C(F)(F)F)n2)cc1. The molecule has 0 saturated heterocycles. The van der Waals surface area contributed by atoms with Crippen LogP contribution in [0, 0.1) is 5.82 Å². The highest BCUT2D eigenvalue weighted by molar-refractivity contribution is 5.76. The number of nitrogens with one attached hydrogen (secondary N) is 1. The summed E-state index contributed by atoms with van der Waals surface area (Å²) in [6, 6.07) is 13.0. The van der Waals surface area contributed by atoms with E-state index in [1.807, 2.05) is 0 Å². The van der Waals surface area contributed by atoms with Crippen LogP contribution >= 0.6 is 0 Å². The maximum atomic E-state index is 12.8. The highest BCUT2D eigenvalue weighted by atomic mass is 19.4. The van der Waals surface area contributed by atoms with Crippen LogP contribution < -0.4 is 10.1 Å². The van der Waals surface area contributed by atoms with E-state index in [0.717, 1.165) is 16.3 Å². The number of carbonyl (C=O) groups excluding carboxylic acids is 1. The van der Waals surface area contributed by atoms with Crippen LogP contribution in [0.4, 0.5) is 17.6 Å². The van der Waals surface area contributed by atoms with Gasteiger partial charge in [-0.25, -0.2) is 9.07 Å². The van der Waals surface area contributed by atoms with Crippen molar-refractivity contribution >= 4 is 5.91 Å². The van der Waals surface area contributed by atoms with Crippen LogP contribution in [0.1, 0.15) is 17.7 Å². The second-order valence-corrected chi connectivity index (χ2v) is 6.14. The summed E-state index contributed by atoms with van der Waals surface area (Å²) < 4.78 is 57.1. The molecule has 29 heavy (non-hydrogen) atoms. The van der Waals surface area contributed by atoms with Gasteiger partial charge in [-0.2, -0.15) is 18.3 Å². The van der Waals surface area contributed by atoms with Crippen molar-refractivity contribution in [3.8, 4) is 11.4 Å². The first-order valence-corrected chi connectivity index (χ1v) is 8.68. The summed E-state index contributed by atoms with van der Waals surface area (Å²) in [5.41, 5.74) is 0.296. The third kappa shape index (κ3) is 5.81. The minimum atomic E-state index is -4.49. The number of amides is 1. The first-order valence-electron chi connectivity index (χ1n) is 8.68. The highest BCUT2D eigenvalue weighted by Crippen LogP contribution is 2.27. The molecule has 1 aromatic heterocycles. The number of alkyl halides is 3. The third-order valence-corrected chi connectivity index (χ3v) is 3.98. The molecule has 1 N–H and O–H groups in total. The van der Waals surface area contributed by atoms with Gasteiger partial charge < -0.3 is 10.1 Å². The minimum Gasteiger partial charge on any atom is -0.493 e. The van der Waals surface area contributed by atoms with Crippen LogP contribution in [0.5, 0.6) is 5.75 Å². The summed E-state index contributed by atoms with van der Waals surface area (Å²) in [7, 11) is 0. The van der Waals surface area contributed by atoms with Crippen LogP contribution in [-0.4, -0.2) is 22.3 Å². The number of halogens is 4. The summed E-state index contributed by atoms with van der Waals surface area (Å²) >= 11 is 0. The molecule has 0 fully saturated rings. The third-order valence-electron chi connectivity index (χ3n) is 3.98. The molecular formula is C20H17F4N3O2. The van der Waals surface area contributed by atoms with Gasteiger partial charge >= 0.3 is 6.18 Å². The number of benzene rings is 2. The maximum absolute atomic E-state index is 12.8. The molecule has 152 valence electrons. The van der Waals surface area contributed by atoms with E-state index < -0.39 is 11.9 Å². The van der Waals surface area contributed by atoms with E-state index in [1.54, 1.807) is 24.3 Å². The van der Waals surface area contributed by atoms with E-state index in [1.165, 1.54) is 30.5 Å². The van der Waals surface area contributed by atoms with Crippen LogP contribution in [-0.2, 0) is 17.5 Å². The molecule has 0 aliphatic rings. The second-order valence-electron chi connectivity index (χ2n) is 6.14. The Bertz CT molecular complexity index is 951. The molecule has 0 bridgehead atoms. The number of hydrogen-bond donors (Lipinski definition) is 1. The first kappa shape index (κ1) is 20.4. The van der Waals surface area contributed by atoms with Crippen molar-refractivity contribution < 1.29 is 27.1 Å². The lowest BCUT2D eigenvalue weighted by Crippen LogP contribution is -2.24. The van der Waals surface area contributed by atoms with Crippen molar-refractivity contribution in [2.45, 2.75) is 19.1 Å². The molecule has 0 atom stereocenters. The smallest absolute Gasteiger partial charge is 0.435 e. The largest absolute Gasteiger partial charge is 0.493 e. The number of rotatable bonds is 7. The lowest BCUT2D eigenvalue weighted by Gasteiger charge is -2.08. The first-order chi connectivity index (χ1) is 13.8. The monoisotopic (exact) mass is 407 g/mol. The standard InChI is InChI=1S/C20H17F4N3O2/c21-15-3-7-17(8-4-15)29-12-10-19(28)25-13-14-1-5-16(6-2-14)27-11-9-18(26-27)20(22,23)24/h1-9,11H,10,12-13H2,(H,25,28). The van der Waals surface area contributed by atoms with Gasteiger partial charge in [0, 0.05) is 12.7 Å². The lowest BCUT2D eigenvalue weighted by atomic mass is 10.2. The Morgan fingerprint density at radius 2 is 1.72 bits per heavy atom. The normalized spacial score (nSPS) is 11.3. The summed E-state index contributed by atoms with van der Waals surface area (Å²) in [6.07, 6.45) is -3.13. The summed E-state index contributed by atoms with van der Waals surface area (Å²) in [5, 5.41) is 6.23. The summed E-state index contributed by atoms with van der Waals surface area (Å²) in [4.78, 5) is 11.9. The van der Waals surface area contributed by atoms with Gasteiger partial charge in [-0.3, -0.25) is 4.79 Å². The van der Waals surface area contributed by atoms with Crippen molar-refractivity contribution in [2.24, 2.45) is 0 Å². The molecule has 0 unspecified atom stereocenters. The van der Waals surface area contributed by atoms with Crippen LogP contribution in [0.15, 0.2) is 60.8 Å². The number of nitrogens with zero attached hydrogens (tertiary/aromatic N) is 2. The van der Waals surface area contributed by atoms with Crippen molar-refractivity contribution in [3.63, 3.8) is 0 Å². The molecule has 1 heterocycles. The van der Waals surface area contributed by atoms with Crippen LogP contribution in [0.25, 0.3) is 5.69 Å². The van der Waals surface area contributed by atoms with Crippen molar-refractivity contribution in [2.75, 3.05) is 6.61 Å². The Hall–Kier alpha value is -3.36. The predicted molar refractivity (Wildman–Crippen MR) is 96.9 cm³/mol. The molecule has 0 spiro atoms. The average molecular weight is 407 g/mol. The molecule has 0 saturated carbocycles. The fraction of sp³-hybridized carbons (Fsp3) is 0.200. The lowest BCUT2D eigenvalue weighted by molar-refractivity contribution is -0.141. The van der Waals surface area contributed by atoms with Crippen LogP contribution in [0.3, 0.4) is 0 Å². The topological polar surface area (TPSA) is 56.1 Å². The quantitative estimate of drug-likeness (QED) is 0.600. The Labute approximate surface area is 163 Å². The van der Waals surface area contributed by atoms with Gasteiger partial charge in [0.05, 0.1) is 18.7 Å². The van der Waals surface area contributed by atoms with Crippen molar-refractivity contribution in [3.05, 3.63) is 77.9 Å². The zero-order valence-corrected chi connectivity index (χ0v) is 15.1. The van der Waals surface area contributed by atoms with Gasteiger partial charge in [-0.1, -0.05) is 12.1 Å². The Balaban J connectivity index is 1.45. The molecule has 3 rings (SSSR count). The van der Waals surface area contributed by atoms with Gasteiger partial charge in [-0.05, 0) is 48.0 Å². The zero-order chi connectivity index (χ0) is 20.9. The van der Waals surface area contributed by atoms with E-state index in [9.17, 15) is 22.4 Å². The van der Waals surface area contributed by atoms with Gasteiger partial charge in [0.2, 0.25) is 5.91 Å². The summed E-state index contributed by atoms with van der Waals surface area (Å²) in [6.45, 7) is 0.416. The molecule has 0 aliphatic heterocycles. The van der Waals surface area contributed by atoms with E-state index in [-0.39, 0.29) is 31.3 Å². The molecule has 1 amide bonds. The molecule has 0 aliphatic carbocycles. The Morgan fingerprint density at radius 3 is 2.34 bits per heavy atom. The van der Waals surface area contributed by atoms with E-state index >= 15 is 0 Å². The van der Waals surface area contributed by atoms with E-state index in [4.69, 9.17) is 4.74 Å². The minimum absolute atomic E-state index is 0.128. The Morgan fingerprint density at radius 1 is 1.03 bits per heavy atom. The van der Waals surface area contributed by atoms with E-state index in [0.29, 0.717) is 11.4 Å².